The van der Waals surface area contributed by atoms with Gasteiger partial charge in [-0.15, -0.1) is 0 Å². The Morgan fingerprint density at radius 1 is 1.16 bits per heavy atom. The molecule has 2 N–H and O–H groups in total. The van der Waals surface area contributed by atoms with E-state index in [9.17, 15) is 20.0 Å². The predicted octanol–water partition coefficient (Wildman–Crippen LogP) is 6.73. The summed E-state index contributed by atoms with van der Waals surface area (Å²) in [6, 6.07) is 10.1. The van der Waals surface area contributed by atoms with Crippen molar-refractivity contribution in [3.63, 3.8) is 0 Å². The van der Waals surface area contributed by atoms with E-state index in [0.717, 1.165) is 56.6 Å². The van der Waals surface area contributed by atoms with Gasteiger partial charge in [0, 0.05) is 60.4 Å². The Hall–Kier alpha value is -2.61. The number of methoxy groups -OCH3 is 1. The maximum absolute atomic E-state index is 13.8. The number of likely N-dealkylation sites (N-methyl/N-ethyl adjacent to an activating group) is 1. The SMILES string of the molecule is COCCCC[C@@](O)(c1cccc(C#N)c1)[C@@H]1CCCN(C(=O)NC(CC2CCCCC2)CN(C)C(=O)OCC[Si](C)(C)C)C1. The number of hydrogen-bond acceptors (Lipinski definition) is 6. The Kier molecular flexibility index (Phi) is 14.7. The van der Waals surface area contributed by atoms with Gasteiger partial charge in [0.2, 0.25) is 0 Å². The van der Waals surface area contributed by atoms with Crippen LogP contribution in [0, 0.1) is 23.2 Å². The van der Waals surface area contributed by atoms with Gasteiger partial charge in [0.15, 0.2) is 0 Å². The van der Waals surface area contributed by atoms with Crippen LogP contribution < -0.4 is 5.32 Å². The van der Waals surface area contributed by atoms with E-state index in [0.29, 0.717) is 50.8 Å². The molecule has 1 heterocycles. The molecule has 3 rings (SSSR count). The van der Waals surface area contributed by atoms with Crippen LogP contribution in [0.1, 0.15) is 81.8 Å². The number of piperidine rings is 1. The third-order valence-corrected chi connectivity index (χ3v) is 11.3. The van der Waals surface area contributed by atoms with Crippen LogP contribution in [0.15, 0.2) is 24.3 Å². The van der Waals surface area contributed by atoms with Crippen molar-refractivity contribution < 1.29 is 24.2 Å². The lowest BCUT2D eigenvalue weighted by Crippen LogP contribution is -2.54. The van der Waals surface area contributed by atoms with Crippen LogP contribution in [0.25, 0.3) is 0 Å². The molecular formula is C35H58N4O5Si. The maximum atomic E-state index is 13.8. The first-order valence-corrected chi connectivity index (χ1v) is 20.8. The normalized spacial score (nSPS) is 19.7. The molecule has 9 nitrogen and oxygen atoms in total. The minimum absolute atomic E-state index is 0.145. The van der Waals surface area contributed by atoms with Crippen molar-refractivity contribution in [2.45, 2.75) is 108 Å². The van der Waals surface area contributed by atoms with Gasteiger partial charge in [0.05, 0.1) is 23.8 Å². The minimum Gasteiger partial charge on any atom is -0.450 e. The lowest BCUT2D eigenvalue weighted by Gasteiger charge is -2.43. The summed E-state index contributed by atoms with van der Waals surface area (Å²) >= 11 is 0. The average Bonchev–Trinajstić information content (AvgIpc) is 3.02. The van der Waals surface area contributed by atoms with Crippen molar-refractivity contribution in [1.29, 1.82) is 5.26 Å². The Balaban J connectivity index is 1.71. The first-order valence-electron chi connectivity index (χ1n) is 17.1. The highest BCUT2D eigenvalue weighted by Crippen LogP contribution is 2.40. The largest absolute Gasteiger partial charge is 0.450 e. The summed E-state index contributed by atoms with van der Waals surface area (Å²) in [7, 11) is 2.12. The topological polar surface area (TPSA) is 115 Å². The Labute approximate surface area is 272 Å². The highest BCUT2D eigenvalue weighted by Gasteiger charge is 2.41. The first kappa shape index (κ1) is 36.9. The van der Waals surface area contributed by atoms with E-state index in [4.69, 9.17) is 9.47 Å². The van der Waals surface area contributed by atoms with E-state index in [1.54, 1.807) is 31.2 Å². The molecule has 1 aromatic rings. The quantitative estimate of drug-likeness (QED) is 0.162. The third-order valence-electron chi connectivity index (χ3n) is 9.59. The van der Waals surface area contributed by atoms with E-state index in [-0.39, 0.29) is 24.1 Å². The first-order chi connectivity index (χ1) is 21.4. The molecule has 45 heavy (non-hydrogen) atoms. The highest BCUT2D eigenvalue weighted by molar-refractivity contribution is 6.76. The fraction of sp³-hybridized carbons (Fsp3) is 0.743. The lowest BCUT2D eigenvalue weighted by molar-refractivity contribution is -0.0564. The van der Waals surface area contributed by atoms with Gasteiger partial charge in [-0.3, -0.25) is 0 Å². The number of nitriles is 1. The molecule has 0 aromatic heterocycles. The molecule has 1 aliphatic carbocycles. The number of aliphatic hydroxyl groups is 1. The summed E-state index contributed by atoms with van der Waals surface area (Å²) < 4.78 is 10.8. The zero-order chi connectivity index (χ0) is 32.9. The van der Waals surface area contributed by atoms with Crippen LogP contribution in [-0.4, -0.2) is 88.2 Å². The maximum Gasteiger partial charge on any atom is 0.409 e. The van der Waals surface area contributed by atoms with Crippen LogP contribution in [-0.2, 0) is 15.1 Å². The molecule has 0 spiro atoms. The van der Waals surface area contributed by atoms with E-state index in [1.165, 1.54) is 19.3 Å². The number of ether oxygens (including phenoxy) is 2. The summed E-state index contributed by atoms with van der Waals surface area (Å²) in [4.78, 5) is 30.1. The number of rotatable bonds is 15. The van der Waals surface area contributed by atoms with Crippen molar-refractivity contribution in [2.75, 3.05) is 47.0 Å². The fourth-order valence-corrected chi connectivity index (χ4v) is 7.58. The molecule has 252 valence electrons. The molecule has 2 fully saturated rings. The number of unbranched alkanes of at least 4 members (excludes halogenated alkanes) is 1. The van der Waals surface area contributed by atoms with Crippen LogP contribution in [0.5, 0.6) is 0 Å². The number of nitrogens with one attached hydrogen (secondary N) is 1. The van der Waals surface area contributed by atoms with Crippen molar-refractivity contribution in [1.82, 2.24) is 15.1 Å². The van der Waals surface area contributed by atoms with E-state index < -0.39 is 13.7 Å². The summed E-state index contributed by atoms with van der Waals surface area (Å²) in [5.41, 5.74) is 0.0820. The van der Waals surface area contributed by atoms with Gasteiger partial charge in [-0.05, 0) is 68.2 Å². The van der Waals surface area contributed by atoms with E-state index in [2.05, 4.69) is 31.0 Å². The zero-order valence-electron chi connectivity index (χ0n) is 28.5. The second-order valence-corrected chi connectivity index (χ2v) is 20.2. The number of benzene rings is 1. The van der Waals surface area contributed by atoms with Crippen molar-refractivity contribution >= 4 is 20.2 Å². The number of carbonyl (C=O) groups is 2. The molecule has 1 saturated carbocycles. The highest BCUT2D eigenvalue weighted by atomic mass is 28.3. The monoisotopic (exact) mass is 642 g/mol. The smallest absolute Gasteiger partial charge is 0.409 e. The minimum atomic E-state index is -1.31. The Morgan fingerprint density at radius 2 is 1.91 bits per heavy atom. The van der Waals surface area contributed by atoms with Gasteiger partial charge in [-0.1, -0.05) is 63.9 Å². The summed E-state index contributed by atoms with van der Waals surface area (Å²) in [6.45, 7) is 9.27. The summed E-state index contributed by atoms with van der Waals surface area (Å²) in [5.74, 6) is 0.355. The van der Waals surface area contributed by atoms with Crippen LogP contribution >= 0.6 is 0 Å². The van der Waals surface area contributed by atoms with E-state index >= 15 is 0 Å². The molecule has 3 atom stereocenters. The second-order valence-electron chi connectivity index (χ2n) is 14.5. The van der Waals surface area contributed by atoms with Crippen molar-refractivity contribution in [3.8, 4) is 6.07 Å². The number of carbonyl (C=O) groups excluding carboxylic acids is 2. The molecule has 2 aliphatic rings. The van der Waals surface area contributed by atoms with Crippen molar-refractivity contribution in [2.24, 2.45) is 11.8 Å². The second kappa shape index (κ2) is 17.9. The van der Waals surface area contributed by atoms with E-state index in [1.807, 2.05) is 17.0 Å². The van der Waals surface area contributed by atoms with Crippen LogP contribution in [0.2, 0.25) is 25.7 Å². The zero-order valence-corrected chi connectivity index (χ0v) is 29.5. The Bertz CT molecular complexity index is 1120. The summed E-state index contributed by atoms with van der Waals surface area (Å²) in [6.07, 6.45) is 10.2. The number of urea groups is 1. The molecule has 0 bridgehead atoms. The molecule has 0 radical (unpaired) electrons. The number of likely N-dealkylation sites (tertiary alicyclic amines) is 1. The Morgan fingerprint density at radius 3 is 2.60 bits per heavy atom. The van der Waals surface area contributed by atoms with Crippen molar-refractivity contribution in [3.05, 3.63) is 35.4 Å². The fourth-order valence-electron chi connectivity index (χ4n) is 6.86. The average molecular weight is 643 g/mol. The molecule has 1 saturated heterocycles. The number of nitrogens with zero attached hydrogens (tertiary/aromatic N) is 3. The molecule has 10 heteroatoms. The predicted molar refractivity (Wildman–Crippen MR) is 181 cm³/mol. The molecular weight excluding hydrogens is 584 g/mol. The number of amides is 3. The van der Waals surface area contributed by atoms with Gasteiger partial charge < -0.3 is 29.7 Å². The molecule has 1 unspecified atom stereocenters. The molecule has 3 amide bonds. The molecule has 1 aliphatic heterocycles. The summed E-state index contributed by atoms with van der Waals surface area (Å²) in [5, 5.41) is 25.1. The van der Waals surface area contributed by atoms with Crippen LogP contribution in [0.4, 0.5) is 9.59 Å². The third kappa shape index (κ3) is 11.9. The van der Waals surface area contributed by atoms with Gasteiger partial charge in [-0.25, -0.2) is 9.59 Å². The van der Waals surface area contributed by atoms with Gasteiger partial charge in [0.25, 0.3) is 0 Å². The van der Waals surface area contributed by atoms with Gasteiger partial charge in [-0.2, -0.15) is 5.26 Å². The molecule has 1 aromatic carbocycles. The van der Waals surface area contributed by atoms with Crippen LogP contribution in [0.3, 0.4) is 0 Å². The standard InChI is InChI=1S/C35H58N4O5Si/c1-38(34(41)44-21-22-45(3,4)5)27-32(24-28-13-7-6-8-14-28)37-33(40)39-19-12-17-31(26-39)35(42,18-9-10-20-43-2)30-16-11-15-29(23-30)25-36/h11,15-16,23,28,31-32,42H,6-10,12-14,17-22,24,26-27H2,1-5H3,(H,37,40)/t31-,32?,35-/m1/s1. The number of hydrogen-bond donors (Lipinski definition) is 2. The van der Waals surface area contributed by atoms with Gasteiger partial charge in [0.1, 0.15) is 0 Å². The lowest BCUT2D eigenvalue weighted by atomic mass is 9.74. The van der Waals surface area contributed by atoms with Gasteiger partial charge >= 0.3 is 12.1 Å².